The smallest absolute Gasteiger partial charge is 0.169 e. The second kappa shape index (κ2) is 3.72. The van der Waals surface area contributed by atoms with E-state index in [1.54, 1.807) is 0 Å². The van der Waals surface area contributed by atoms with E-state index < -0.39 is 0 Å². The largest absolute Gasteiger partial charge is 0.360 e. The van der Waals surface area contributed by atoms with Gasteiger partial charge in [0.05, 0.1) is 0 Å². The molecule has 0 atom stereocenters. The summed E-state index contributed by atoms with van der Waals surface area (Å²) in [5, 5.41) is 1.01. The Hall–Kier alpha value is -1.09. The molecule has 3 heteroatoms. The predicted molar refractivity (Wildman–Crippen MR) is 81.4 cm³/mol. The lowest BCUT2D eigenvalue weighted by molar-refractivity contribution is 0.0947. The van der Waals surface area contributed by atoms with Crippen molar-refractivity contribution in [2.75, 3.05) is 0 Å². The van der Waals surface area contributed by atoms with Crippen molar-refractivity contribution in [1.82, 2.24) is 4.98 Å². The molecule has 100 valence electrons. The lowest BCUT2D eigenvalue weighted by atomic mass is 10.0. The van der Waals surface area contributed by atoms with Crippen molar-refractivity contribution in [2.24, 2.45) is 16.7 Å². The SMILES string of the molecule is CC1(C)C(C(=O)c2c[nH]c3ccc(Br)cc23)C1(C)C. The van der Waals surface area contributed by atoms with Crippen LogP contribution < -0.4 is 0 Å². The Bertz CT molecular complexity index is 667. The molecule has 1 aliphatic carbocycles. The Morgan fingerprint density at radius 3 is 2.42 bits per heavy atom. The van der Waals surface area contributed by atoms with Gasteiger partial charge in [0, 0.05) is 33.1 Å². The van der Waals surface area contributed by atoms with Gasteiger partial charge in [0.25, 0.3) is 0 Å². The Balaban J connectivity index is 2.07. The van der Waals surface area contributed by atoms with Crippen LogP contribution in [0.1, 0.15) is 38.1 Å². The highest BCUT2D eigenvalue weighted by Gasteiger charge is 2.68. The fourth-order valence-corrected chi connectivity index (χ4v) is 3.67. The number of carbonyl (C=O) groups excluding carboxylic acids is 1. The molecule has 0 bridgehead atoms. The molecular formula is C16H18BrNO. The number of aromatic amines is 1. The first-order valence-corrected chi connectivity index (χ1v) is 7.37. The average molecular weight is 320 g/mol. The van der Waals surface area contributed by atoms with E-state index in [-0.39, 0.29) is 22.5 Å². The van der Waals surface area contributed by atoms with E-state index in [1.807, 2.05) is 24.4 Å². The van der Waals surface area contributed by atoms with E-state index in [9.17, 15) is 4.79 Å². The third-order valence-corrected chi connectivity index (χ3v) is 5.69. The first kappa shape index (κ1) is 12.9. The second-order valence-electron chi connectivity index (χ2n) is 6.63. The van der Waals surface area contributed by atoms with E-state index in [1.165, 1.54) is 0 Å². The monoisotopic (exact) mass is 319 g/mol. The van der Waals surface area contributed by atoms with Gasteiger partial charge in [-0.1, -0.05) is 43.6 Å². The quantitative estimate of drug-likeness (QED) is 0.793. The Morgan fingerprint density at radius 1 is 1.21 bits per heavy atom. The Kier molecular flexibility index (Phi) is 2.53. The highest BCUT2D eigenvalue weighted by Crippen LogP contribution is 2.69. The van der Waals surface area contributed by atoms with Gasteiger partial charge < -0.3 is 4.98 Å². The van der Waals surface area contributed by atoms with E-state index in [2.05, 4.69) is 48.6 Å². The molecule has 0 radical (unpaired) electrons. The molecule has 1 aromatic heterocycles. The van der Waals surface area contributed by atoms with E-state index >= 15 is 0 Å². The Labute approximate surface area is 121 Å². The summed E-state index contributed by atoms with van der Waals surface area (Å²) in [6.07, 6.45) is 1.85. The highest BCUT2D eigenvalue weighted by atomic mass is 79.9. The van der Waals surface area contributed by atoms with Crippen LogP contribution in [-0.2, 0) is 0 Å². The van der Waals surface area contributed by atoms with Crippen LogP contribution in [0.25, 0.3) is 10.9 Å². The number of rotatable bonds is 2. The molecule has 0 spiro atoms. The molecule has 2 aromatic rings. The molecule has 3 rings (SSSR count). The zero-order chi connectivity index (χ0) is 14.0. The fraction of sp³-hybridized carbons (Fsp3) is 0.438. The van der Waals surface area contributed by atoms with E-state index in [4.69, 9.17) is 0 Å². The summed E-state index contributed by atoms with van der Waals surface area (Å²) in [6, 6.07) is 6.00. The van der Waals surface area contributed by atoms with Crippen molar-refractivity contribution in [2.45, 2.75) is 27.7 Å². The number of benzene rings is 1. The van der Waals surface area contributed by atoms with Crippen molar-refractivity contribution < 1.29 is 4.79 Å². The molecule has 1 saturated carbocycles. The third-order valence-electron chi connectivity index (χ3n) is 5.19. The zero-order valence-electron chi connectivity index (χ0n) is 11.7. The molecule has 0 saturated heterocycles. The van der Waals surface area contributed by atoms with Crippen molar-refractivity contribution >= 4 is 32.6 Å². The molecule has 2 nitrogen and oxygen atoms in total. The first-order chi connectivity index (χ1) is 8.76. The molecule has 0 unspecified atom stereocenters. The number of Topliss-reactive ketones (excluding diaryl/α,β-unsaturated/α-hetero) is 1. The molecule has 1 N–H and O–H groups in total. The minimum atomic E-state index is 0.0830. The van der Waals surface area contributed by atoms with Crippen LogP contribution in [0, 0.1) is 16.7 Å². The number of nitrogens with one attached hydrogen (secondary N) is 1. The fourth-order valence-electron chi connectivity index (χ4n) is 3.30. The van der Waals surface area contributed by atoms with E-state index in [0.29, 0.717) is 0 Å². The first-order valence-electron chi connectivity index (χ1n) is 6.57. The molecule has 19 heavy (non-hydrogen) atoms. The number of carbonyl (C=O) groups is 1. The molecule has 1 heterocycles. The summed E-state index contributed by atoms with van der Waals surface area (Å²) < 4.78 is 1.00. The van der Waals surface area contributed by atoms with Gasteiger partial charge in [-0.25, -0.2) is 0 Å². The summed E-state index contributed by atoms with van der Waals surface area (Å²) in [5.41, 5.74) is 2.00. The van der Waals surface area contributed by atoms with Crippen LogP contribution >= 0.6 is 15.9 Å². The van der Waals surface area contributed by atoms with Gasteiger partial charge in [-0.05, 0) is 29.0 Å². The number of hydrogen-bond donors (Lipinski definition) is 1. The summed E-state index contributed by atoms with van der Waals surface area (Å²) in [5.74, 6) is 0.373. The van der Waals surface area contributed by atoms with Crippen molar-refractivity contribution in [3.05, 3.63) is 34.4 Å². The summed E-state index contributed by atoms with van der Waals surface area (Å²) in [6.45, 7) is 8.72. The standard InChI is InChI=1S/C16H18BrNO/c1-15(2)14(16(15,3)4)13(19)11-8-18-12-6-5-9(17)7-10(11)12/h5-8,14,18H,1-4H3. The van der Waals surface area contributed by atoms with Crippen LogP contribution in [0.4, 0.5) is 0 Å². The van der Waals surface area contributed by atoms with Crippen molar-refractivity contribution in [3.63, 3.8) is 0 Å². The topological polar surface area (TPSA) is 32.9 Å². The zero-order valence-corrected chi connectivity index (χ0v) is 13.3. The molecule has 0 amide bonds. The molecule has 0 aliphatic heterocycles. The van der Waals surface area contributed by atoms with Crippen LogP contribution in [0.15, 0.2) is 28.9 Å². The van der Waals surface area contributed by atoms with Gasteiger partial charge in [-0.15, -0.1) is 0 Å². The maximum absolute atomic E-state index is 12.8. The number of aromatic nitrogens is 1. The molecule has 1 aromatic carbocycles. The highest BCUT2D eigenvalue weighted by molar-refractivity contribution is 9.10. The average Bonchev–Trinajstić information content (AvgIpc) is 2.63. The van der Waals surface area contributed by atoms with Crippen LogP contribution in [-0.4, -0.2) is 10.8 Å². The number of fused-ring (bicyclic) bond motifs is 1. The van der Waals surface area contributed by atoms with E-state index in [0.717, 1.165) is 20.9 Å². The van der Waals surface area contributed by atoms with Crippen molar-refractivity contribution in [3.8, 4) is 0 Å². The summed E-state index contributed by atoms with van der Waals surface area (Å²) in [7, 11) is 0. The van der Waals surface area contributed by atoms with Crippen LogP contribution in [0.3, 0.4) is 0 Å². The number of ketones is 1. The maximum Gasteiger partial charge on any atom is 0.169 e. The van der Waals surface area contributed by atoms with Gasteiger partial charge in [0.1, 0.15) is 0 Å². The van der Waals surface area contributed by atoms with Gasteiger partial charge in [0.15, 0.2) is 5.78 Å². The van der Waals surface area contributed by atoms with Gasteiger partial charge >= 0.3 is 0 Å². The number of H-pyrrole nitrogens is 1. The van der Waals surface area contributed by atoms with Gasteiger partial charge in [0.2, 0.25) is 0 Å². The molecule has 1 fully saturated rings. The molecular weight excluding hydrogens is 302 g/mol. The lowest BCUT2D eigenvalue weighted by Crippen LogP contribution is -2.06. The summed E-state index contributed by atoms with van der Waals surface area (Å²) >= 11 is 3.47. The Morgan fingerprint density at radius 2 is 1.84 bits per heavy atom. The molecule has 1 aliphatic rings. The predicted octanol–water partition coefficient (Wildman–Crippen LogP) is 4.80. The van der Waals surface area contributed by atoms with Crippen LogP contribution in [0.5, 0.6) is 0 Å². The minimum Gasteiger partial charge on any atom is -0.360 e. The minimum absolute atomic E-state index is 0.0830. The van der Waals surface area contributed by atoms with Crippen molar-refractivity contribution in [1.29, 1.82) is 0 Å². The lowest BCUT2D eigenvalue weighted by Gasteiger charge is -2.03. The maximum atomic E-state index is 12.8. The van der Waals surface area contributed by atoms with Gasteiger partial charge in [-0.2, -0.15) is 0 Å². The normalized spacial score (nSPS) is 20.7. The summed E-state index contributed by atoms with van der Waals surface area (Å²) in [4.78, 5) is 16.0. The number of halogens is 1. The van der Waals surface area contributed by atoms with Gasteiger partial charge in [-0.3, -0.25) is 4.79 Å². The van der Waals surface area contributed by atoms with Crippen LogP contribution in [0.2, 0.25) is 0 Å². The third kappa shape index (κ3) is 1.64. The second-order valence-corrected chi connectivity index (χ2v) is 7.55. The number of hydrogen-bond acceptors (Lipinski definition) is 1.